The summed E-state index contributed by atoms with van der Waals surface area (Å²) in [7, 11) is 0. The quantitative estimate of drug-likeness (QED) is 0.492. The van der Waals surface area contributed by atoms with Gasteiger partial charge in [-0.1, -0.05) is 86.8 Å². The average Bonchev–Trinajstić information content (AvgIpc) is 3.57. The van der Waals surface area contributed by atoms with E-state index in [0.29, 0.717) is 22.5 Å². The van der Waals surface area contributed by atoms with E-state index in [0.717, 1.165) is 30.4 Å². The van der Waals surface area contributed by atoms with Gasteiger partial charge in [0.15, 0.2) is 0 Å². The molecule has 1 aliphatic carbocycles. The van der Waals surface area contributed by atoms with Gasteiger partial charge in [-0.3, -0.25) is 14.4 Å². The number of amides is 3. The van der Waals surface area contributed by atoms with Crippen LogP contribution in [0.4, 0.5) is 5.69 Å². The van der Waals surface area contributed by atoms with Gasteiger partial charge in [-0.25, -0.2) is 0 Å². The van der Waals surface area contributed by atoms with E-state index in [9.17, 15) is 14.4 Å². The summed E-state index contributed by atoms with van der Waals surface area (Å²) in [6.45, 7) is 6.57. The number of carbonyl (C=O) groups is 3. The lowest BCUT2D eigenvalue weighted by Gasteiger charge is -2.38. The van der Waals surface area contributed by atoms with Crippen LogP contribution < -0.4 is 10.6 Å². The smallest absolute Gasteiger partial charge is 0.246 e. The van der Waals surface area contributed by atoms with Gasteiger partial charge < -0.3 is 20.3 Å². The second kappa shape index (κ2) is 10.3. The van der Waals surface area contributed by atoms with Gasteiger partial charge in [-0.05, 0) is 48.4 Å². The summed E-state index contributed by atoms with van der Waals surface area (Å²) in [4.78, 5) is 43.6. The summed E-state index contributed by atoms with van der Waals surface area (Å²) in [5, 5.41) is 6.79. The van der Waals surface area contributed by atoms with Gasteiger partial charge in [0.2, 0.25) is 17.7 Å². The highest BCUT2D eigenvalue weighted by Gasteiger charge is 2.72. The van der Waals surface area contributed by atoms with Crippen molar-refractivity contribution in [3.63, 3.8) is 0 Å². The van der Waals surface area contributed by atoms with Crippen LogP contribution in [0, 0.1) is 30.6 Å². The van der Waals surface area contributed by atoms with E-state index < -0.39 is 29.6 Å². The Bertz CT molecular complexity index is 1360. The number of fused-ring (bicyclic) bond motifs is 1. The van der Waals surface area contributed by atoms with Crippen LogP contribution in [0.1, 0.15) is 44.2 Å². The van der Waals surface area contributed by atoms with Crippen LogP contribution in [-0.4, -0.2) is 46.4 Å². The van der Waals surface area contributed by atoms with Gasteiger partial charge in [0, 0.05) is 23.3 Å². The Morgan fingerprint density at radius 1 is 1.10 bits per heavy atom. The summed E-state index contributed by atoms with van der Waals surface area (Å²) >= 11 is 6.29. The molecule has 3 heterocycles. The molecule has 6 rings (SSSR count). The first-order valence-corrected chi connectivity index (χ1v) is 14.7. The number of carbonyl (C=O) groups excluding carboxylic acids is 3. The number of hydrogen-bond acceptors (Lipinski definition) is 4. The maximum absolute atomic E-state index is 14.2. The van der Waals surface area contributed by atoms with E-state index in [1.54, 1.807) is 17.0 Å². The van der Waals surface area contributed by atoms with Crippen LogP contribution in [0.5, 0.6) is 0 Å². The van der Waals surface area contributed by atoms with Crippen molar-refractivity contribution in [1.29, 1.82) is 0 Å². The van der Waals surface area contributed by atoms with Crippen molar-refractivity contribution in [3.05, 3.63) is 76.8 Å². The molecule has 2 bridgehead atoms. The van der Waals surface area contributed by atoms with Crippen molar-refractivity contribution < 1.29 is 19.1 Å². The number of aryl methyl sites for hydroxylation is 1. The van der Waals surface area contributed by atoms with Crippen molar-refractivity contribution in [2.75, 3.05) is 5.32 Å². The zero-order valence-corrected chi connectivity index (χ0v) is 23.9. The monoisotopic (exact) mass is 561 g/mol. The van der Waals surface area contributed by atoms with E-state index in [2.05, 4.69) is 24.5 Å². The molecule has 1 saturated carbocycles. The average molecular weight is 562 g/mol. The third kappa shape index (κ3) is 4.44. The third-order valence-corrected chi connectivity index (χ3v) is 10.0. The Balaban J connectivity index is 1.32. The van der Waals surface area contributed by atoms with Crippen molar-refractivity contribution in [2.24, 2.45) is 23.7 Å². The number of hydrogen-bond donors (Lipinski definition) is 2. The lowest BCUT2D eigenvalue weighted by Crippen LogP contribution is -2.57. The summed E-state index contributed by atoms with van der Waals surface area (Å²) in [6.07, 6.45) is 6.24. The van der Waals surface area contributed by atoms with E-state index in [-0.39, 0.29) is 30.3 Å². The molecule has 8 atom stereocenters. The molecule has 2 aromatic rings. The second-order valence-electron chi connectivity index (χ2n) is 12.0. The molecular weight excluding hydrogens is 526 g/mol. The minimum absolute atomic E-state index is 0.0355. The maximum atomic E-state index is 14.2. The number of nitrogens with zero attached hydrogens (tertiary/aromatic N) is 1. The molecule has 1 spiro atoms. The molecule has 40 heavy (non-hydrogen) atoms. The SMILES string of the molecule is Cc1ccc(NC(=O)[C@@H]2[C@@H]3C=C[C@]4(O3)[C@@H]2C(=O)N(Cc2ccccc2)[C@H]4C(=O)N[C@@H]2CCC[C@H](C)[C@@H]2C)cc1Cl. The number of likely N-dealkylation sites (tertiary alicyclic amines) is 1. The molecule has 0 radical (unpaired) electrons. The van der Waals surface area contributed by atoms with Gasteiger partial charge in [0.25, 0.3) is 0 Å². The molecule has 0 unspecified atom stereocenters. The van der Waals surface area contributed by atoms with Crippen LogP contribution >= 0.6 is 11.6 Å². The predicted octanol–water partition coefficient (Wildman–Crippen LogP) is 4.88. The van der Waals surface area contributed by atoms with Gasteiger partial charge in [0.1, 0.15) is 11.6 Å². The van der Waals surface area contributed by atoms with Crippen molar-refractivity contribution >= 4 is 35.0 Å². The molecule has 210 valence electrons. The summed E-state index contributed by atoms with van der Waals surface area (Å²) in [5.41, 5.74) is 1.18. The second-order valence-corrected chi connectivity index (χ2v) is 12.4. The maximum Gasteiger partial charge on any atom is 0.246 e. The number of halogens is 1. The Kier molecular flexibility index (Phi) is 6.99. The van der Waals surface area contributed by atoms with Crippen molar-refractivity contribution in [3.8, 4) is 0 Å². The summed E-state index contributed by atoms with van der Waals surface area (Å²) in [5.74, 6) is -1.48. The molecule has 3 fully saturated rings. The first-order valence-electron chi connectivity index (χ1n) is 14.3. The molecule has 3 aliphatic heterocycles. The molecular formula is C32H36ClN3O4. The van der Waals surface area contributed by atoms with Gasteiger partial charge in [-0.15, -0.1) is 0 Å². The van der Waals surface area contributed by atoms with Crippen LogP contribution in [0.3, 0.4) is 0 Å². The lowest BCUT2D eigenvalue weighted by molar-refractivity contribution is -0.142. The molecule has 2 saturated heterocycles. The zero-order chi connectivity index (χ0) is 28.2. The van der Waals surface area contributed by atoms with E-state index >= 15 is 0 Å². The molecule has 2 N–H and O–H groups in total. The molecule has 0 aromatic heterocycles. The number of rotatable bonds is 6. The fourth-order valence-electron chi connectivity index (χ4n) is 7.16. The molecule has 3 amide bonds. The number of benzene rings is 2. The summed E-state index contributed by atoms with van der Waals surface area (Å²) in [6, 6.07) is 14.1. The molecule has 4 aliphatic rings. The number of ether oxygens (including phenoxy) is 1. The Morgan fingerprint density at radius 3 is 2.62 bits per heavy atom. The molecule has 2 aromatic carbocycles. The first-order chi connectivity index (χ1) is 19.2. The number of nitrogens with one attached hydrogen (secondary N) is 2. The van der Waals surface area contributed by atoms with Gasteiger partial charge in [-0.2, -0.15) is 0 Å². The highest BCUT2D eigenvalue weighted by atomic mass is 35.5. The van der Waals surface area contributed by atoms with Crippen LogP contribution in [-0.2, 0) is 25.7 Å². The van der Waals surface area contributed by atoms with E-state index in [1.807, 2.05) is 55.5 Å². The zero-order valence-electron chi connectivity index (χ0n) is 23.1. The van der Waals surface area contributed by atoms with Gasteiger partial charge >= 0.3 is 0 Å². The lowest BCUT2D eigenvalue weighted by atomic mass is 9.73. The topological polar surface area (TPSA) is 87.7 Å². The van der Waals surface area contributed by atoms with Crippen LogP contribution in [0.25, 0.3) is 0 Å². The molecule has 8 heteroatoms. The number of anilines is 1. The van der Waals surface area contributed by atoms with Gasteiger partial charge in [0.05, 0.1) is 17.9 Å². The predicted molar refractivity (Wildman–Crippen MR) is 153 cm³/mol. The Hall–Kier alpha value is -3.16. The fraction of sp³-hybridized carbons (Fsp3) is 0.469. The fourth-order valence-corrected chi connectivity index (χ4v) is 7.34. The highest BCUT2D eigenvalue weighted by molar-refractivity contribution is 6.31. The first kappa shape index (κ1) is 27.0. The highest BCUT2D eigenvalue weighted by Crippen LogP contribution is 2.55. The minimum atomic E-state index is -1.20. The van der Waals surface area contributed by atoms with Crippen LogP contribution in [0.15, 0.2) is 60.7 Å². The largest absolute Gasteiger partial charge is 0.359 e. The third-order valence-electron chi connectivity index (χ3n) is 9.59. The molecule has 7 nitrogen and oxygen atoms in total. The van der Waals surface area contributed by atoms with Crippen LogP contribution in [0.2, 0.25) is 5.02 Å². The Labute approximate surface area is 240 Å². The van der Waals surface area contributed by atoms with Crippen molar-refractivity contribution in [1.82, 2.24) is 10.2 Å². The normalized spacial score (nSPS) is 34.1. The summed E-state index contributed by atoms with van der Waals surface area (Å²) < 4.78 is 6.49. The van der Waals surface area contributed by atoms with E-state index in [1.165, 1.54) is 0 Å². The van der Waals surface area contributed by atoms with E-state index in [4.69, 9.17) is 16.3 Å². The van der Waals surface area contributed by atoms with Crippen molar-refractivity contribution in [2.45, 2.75) is 70.4 Å². The minimum Gasteiger partial charge on any atom is -0.359 e. The standard InChI is InChI=1S/C32H36ClN3O4/c1-18-8-7-11-24(20(18)3)35-30(38)28-32-15-14-25(40-32)26(29(37)34-22-13-12-19(2)23(33)16-22)27(32)31(39)36(28)17-21-9-5-4-6-10-21/h4-6,9-10,12-16,18,20,24-28H,7-8,11,17H2,1-3H3,(H,34,37)(H,35,38)/t18-,20-,24+,25-,26+,27-,28-,32-/m0/s1. The Morgan fingerprint density at radius 2 is 1.88 bits per heavy atom.